The van der Waals surface area contributed by atoms with E-state index in [0.29, 0.717) is 24.8 Å². The van der Waals surface area contributed by atoms with E-state index in [-0.39, 0.29) is 5.91 Å². The molecule has 1 heterocycles. The van der Waals surface area contributed by atoms with Gasteiger partial charge in [-0.2, -0.15) is 0 Å². The minimum atomic E-state index is -0.270. The summed E-state index contributed by atoms with van der Waals surface area (Å²) >= 11 is 0. The van der Waals surface area contributed by atoms with Gasteiger partial charge in [-0.25, -0.2) is 9.97 Å². The first kappa shape index (κ1) is 14.0. The van der Waals surface area contributed by atoms with Crippen molar-refractivity contribution < 1.29 is 9.53 Å². The number of hydrogen-bond acceptors (Lipinski definition) is 5. The smallest absolute Gasteiger partial charge is 0.274 e. The third kappa shape index (κ3) is 4.03. The lowest BCUT2D eigenvalue weighted by Crippen LogP contribution is -2.16. The molecule has 0 radical (unpaired) electrons. The number of para-hydroxylation sites is 1. The molecular weight excluding hydrogens is 256 g/mol. The van der Waals surface area contributed by atoms with Crippen LogP contribution in [0.25, 0.3) is 0 Å². The summed E-state index contributed by atoms with van der Waals surface area (Å²) in [4.78, 5) is 20.2. The van der Waals surface area contributed by atoms with Crippen molar-refractivity contribution in [1.29, 1.82) is 0 Å². The Hall–Kier alpha value is -2.47. The van der Waals surface area contributed by atoms with Crippen LogP contribution in [0.15, 0.2) is 42.6 Å². The standard InChI is InChI=1S/C14H16N4O2/c1-20-10-9-16-14-15-8-7-12(18-14)13(19)17-11-5-3-2-4-6-11/h2-8H,9-10H2,1H3,(H,17,19)(H,15,16,18). The molecule has 0 aliphatic heterocycles. The molecule has 0 saturated heterocycles. The molecule has 2 aromatic rings. The molecular formula is C14H16N4O2. The van der Waals surface area contributed by atoms with E-state index in [2.05, 4.69) is 20.6 Å². The van der Waals surface area contributed by atoms with Crippen LogP contribution >= 0.6 is 0 Å². The molecule has 0 fully saturated rings. The van der Waals surface area contributed by atoms with Gasteiger partial charge >= 0.3 is 0 Å². The lowest BCUT2D eigenvalue weighted by atomic mass is 10.3. The lowest BCUT2D eigenvalue weighted by molar-refractivity contribution is 0.102. The van der Waals surface area contributed by atoms with E-state index in [9.17, 15) is 4.79 Å². The number of anilines is 2. The second-order valence-corrected chi connectivity index (χ2v) is 4.01. The van der Waals surface area contributed by atoms with Crippen LogP contribution in [0.1, 0.15) is 10.5 Å². The molecule has 0 aliphatic carbocycles. The zero-order valence-electron chi connectivity index (χ0n) is 11.2. The lowest BCUT2D eigenvalue weighted by Gasteiger charge is -2.07. The number of methoxy groups -OCH3 is 1. The second-order valence-electron chi connectivity index (χ2n) is 4.01. The number of rotatable bonds is 6. The minimum absolute atomic E-state index is 0.270. The molecule has 0 atom stereocenters. The van der Waals surface area contributed by atoms with Crippen LogP contribution in [0.2, 0.25) is 0 Å². The third-order valence-corrected chi connectivity index (χ3v) is 2.51. The highest BCUT2D eigenvalue weighted by Gasteiger charge is 2.08. The number of hydrogen-bond donors (Lipinski definition) is 2. The number of carbonyl (C=O) groups is 1. The molecule has 1 aromatic heterocycles. The first-order valence-corrected chi connectivity index (χ1v) is 6.22. The van der Waals surface area contributed by atoms with Gasteiger partial charge in [0.1, 0.15) is 5.69 Å². The van der Waals surface area contributed by atoms with Crippen molar-refractivity contribution >= 4 is 17.5 Å². The van der Waals surface area contributed by atoms with E-state index in [1.54, 1.807) is 19.4 Å². The molecule has 0 saturated carbocycles. The maximum absolute atomic E-state index is 12.0. The summed E-state index contributed by atoms with van der Waals surface area (Å²) in [6.07, 6.45) is 1.54. The van der Waals surface area contributed by atoms with Gasteiger partial charge in [0.25, 0.3) is 5.91 Å². The summed E-state index contributed by atoms with van der Waals surface area (Å²) in [7, 11) is 1.62. The number of carbonyl (C=O) groups excluding carboxylic acids is 1. The largest absolute Gasteiger partial charge is 0.383 e. The van der Waals surface area contributed by atoms with Crippen molar-refractivity contribution in [2.45, 2.75) is 0 Å². The second kappa shape index (κ2) is 7.20. The maximum Gasteiger partial charge on any atom is 0.274 e. The molecule has 6 nitrogen and oxygen atoms in total. The Kier molecular flexibility index (Phi) is 5.02. The van der Waals surface area contributed by atoms with Gasteiger partial charge < -0.3 is 15.4 Å². The Morgan fingerprint density at radius 2 is 2.05 bits per heavy atom. The van der Waals surface area contributed by atoms with Gasteiger partial charge in [0.15, 0.2) is 0 Å². The maximum atomic E-state index is 12.0. The minimum Gasteiger partial charge on any atom is -0.383 e. The molecule has 6 heteroatoms. The van der Waals surface area contributed by atoms with Gasteiger partial charge in [0.05, 0.1) is 6.61 Å². The Morgan fingerprint density at radius 3 is 2.80 bits per heavy atom. The molecule has 20 heavy (non-hydrogen) atoms. The average molecular weight is 272 g/mol. The normalized spacial score (nSPS) is 10.1. The summed E-state index contributed by atoms with van der Waals surface area (Å²) in [6.45, 7) is 1.13. The molecule has 0 aliphatic rings. The van der Waals surface area contributed by atoms with E-state index >= 15 is 0 Å². The quantitative estimate of drug-likeness (QED) is 0.784. The Labute approximate surface area is 117 Å². The zero-order chi connectivity index (χ0) is 14.2. The van der Waals surface area contributed by atoms with E-state index in [1.807, 2.05) is 30.3 Å². The van der Waals surface area contributed by atoms with Crippen LogP contribution in [0.5, 0.6) is 0 Å². The van der Waals surface area contributed by atoms with Crippen molar-refractivity contribution in [3.63, 3.8) is 0 Å². The van der Waals surface area contributed by atoms with Crippen LogP contribution in [0, 0.1) is 0 Å². The van der Waals surface area contributed by atoms with Crippen molar-refractivity contribution in [2.24, 2.45) is 0 Å². The summed E-state index contributed by atoms with van der Waals surface area (Å²) in [5.41, 5.74) is 1.04. The van der Waals surface area contributed by atoms with Crippen LogP contribution in [-0.4, -0.2) is 36.1 Å². The van der Waals surface area contributed by atoms with Gasteiger partial charge in [0.2, 0.25) is 5.95 Å². The fourth-order valence-electron chi connectivity index (χ4n) is 1.55. The van der Waals surface area contributed by atoms with Gasteiger partial charge in [0, 0.05) is 25.5 Å². The molecule has 1 aromatic carbocycles. The Morgan fingerprint density at radius 1 is 1.25 bits per heavy atom. The number of aromatic nitrogens is 2. The third-order valence-electron chi connectivity index (χ3n) is 2.51. The molecule has 0 bridgehead atoms. The molecule has 0 spiro atoms. The predicted molar refractivity (Wildman–Crippen MR) is 76.8 cm³/mol. The van der Waals surface area contributed by atoms with Gasteiger partial charge in [-0.1, -0.05) is 18.2 Å². The van der Waals surface area contributed by atoms with E-state index < -0.39 is 0 Å². The number of nitrogens with zero attached hydrogens (tertiary/aromatic N) is 2. The number of ether oxygens (including phenoxy) is 1. The average Bonchev–Trinajstić information content (AvgIpc) is 2.49. The van der Waals surface area contributed by atoms with E-state index in [1.165, 1.54) is 0 Å². The van der Waals surface area contributed by atoms with E-state index in [4.69, 9.17) is 4.74 Å². The van der Waals surface area contributed by atoms with Crippen molar-refractivity contribution in [3.8, 4) is 0 Å². The molecule has 2 N–H and O–H groups in total. The molecule has 1 amide bonds. The summed E-state index contributed by atoms with van der Waals surface area (Å²) in [6, 6.07) is 10.8. The van der Waals surface area contributed by atoms with Crippen LogP contribution in [-0.2, 0) is 4.74 Å². The molecule has 104 valence electrons. The fraction of sp³-hybridized carbons (Fsp3) is 0.214. The highest BCUT2D eigenvalue weighted by atomic mass is 16.5. The topological polar surface area (TPSA) is 76.1 Å². The number of benzene rings is 1. The molecule has 2 rings (SSSR count). The van der Waals surface area contributed by atoms with E-state index in [0.717, 1.165) is 5.69 Å². The Bertz CT molecular complexity index is 560. The summed E-state index contributed by atoms with van der Waals surface area (Å²) in [5.74, 6) is 0.135. The van der Waals surface area contributed by atoms with Gasteiger partial charge in [-0.15, -0.1) is 0 Å². The number of nitrogens with one attached hydrogen (secondary N) is 2. The zero-order valence-corrected chi connectivity index (χ0v) is 11.2. The van der Waals surface area contributed by atoms with Crippen LogP contribution in [0.4, 0.5) is 11.6 Å². The van der Waals surface area contributed by atoms with Gasteiger partial charge in [-0.3, -0.25) is 4.79 Å². The first-order valence-electron chi connectivity index (χ1n) is 6.22. The summed E-state index contributed by atoms with van der Waals surface area (Å²) < 4.78 is 4.92. The Balaban J connectivity index is 2.01. The number of amides is 1. The summed E-state index contributed by atoms with van der Waals surface area (Å²) in [5, 5.41) is 5.75. The molecule has 0 unspecified atom stereocenters. The fourth-order valence-corrected chi connectivity index (χ4v) is 1.55. The van der Waals surface area contributed by atoms with Crippen LogP contribution < -0.4 is 10.6 Å². The highest BCUT2D eigenvalue weighted by molar-refractivity contribution is 6.02. The van der Waals surface area contributed by atoms with Crippen molar-refractivity contribution in [3.05, 3.63) is 48.3 Å². The monoisotopic (exact) mass is 272 g/mol. The van der Waals surface area contributed by atoms with Crippen molar-refractivity contribution in [2.75, 3.05) is 30.9 Å². The highest BCUT2D eigenvalue weighted by Crippen LogP contribution is 2.08. The van der Waals surface area contributed by atoms with Crippen LogP contribution in [0.3, 0.4) is 0 Å². The SMILES string of the molecule is COCCNc1nccc(C(=O)Nc2ccccc2)n1. The first-order chi connectivity index (χ1) is 9.79. The predicted octanol–water partition coefficient (Wildman–Crippen LogP) is 1.79. The van der Waals surface area contributed by atoms with Crippen molar-refractivity contribution in [1.82, 2.24) is 9.97 Å². The van der Waals surface area contributed by atoms with Gasteiger partial charge in [-0.05, 0) is 18.2 Å².